The van der Waals surface area contributed by atoms with Gasteiger partial charge in [0, 0.05) is 43.3 Å². The number of pyridine rings is 2. The lowest BCUT2D eigenvalue weighted by Crippen LogP contribution is -2.36. The third-order valence-electron chi connectivity index (χ3n) is 5.75. The molecule has 1 fully saturated rings. The summed E-state index contributed by atoms with van der Waals surface area (Å²) in [5.74, 6) is 0.710. The first kappa shape index (κ1) is 18.9. The molecule has 0 radical (unpaired) electrons. The first-order valence-corrected chi connectivity index (χ1v) is 10.5. The summed E-state index contributed by atoms with van der Waals surface area (Å²) in [7, 11) is 2.07. The van der Waals surface area contributed by atoms with Crippen molar-refractivity contribution in [3.63, 3.8) is 0 Å². The van der Waals surface area contributed by atoms with Gasteiger partial charge >= 0.3 is 0 Å². The molecule has 1 saturated heterocycles. The van der Waals surface area contributed by atoms with Gasteiger partial charge in [-0.3, -0.25) is 0 Å². The van der Waals surface area contributed by atoms with E-state index in [0.29, 0.717) is 12.5 Å². The molecule has 0 spiro atoms. The monoisotopic (exact) mass is 402 g/mol. The summed E-state index contributed by atoms with van der Waals surface area (Å²) < 4.78 is 13.7. The van der Waals surface area contributed by atoms with Gasteiger partial charge in [0.05, 0.1) is 25.3 Å². The Hall–Kier alpha value is -3.12. The molecule has 0 saturated carbocycles. The summed E-state index contributed by atoms with van der Waals surface area (Å²) in [6.07, 6.45) is 5.61. The minimum atomic E-state index is 0.627. The molecular weight excluding hydrogens is 376 g/mol. The Morgan fingerprint density at radius 3 is 2.80 bits per heavy atom. The quantitative estimate of drug-likeness (QED) is 0.457. The number of morpholine rings is 1. The second-order valence-corrected chi connectivity index (χ2v) is 7.67. The number of anilines is 1. The van der Waals surface area contributed by atoms with E-state index < -0.39 is 0 Å². The van der Waals surface area contributed by atoms with Crippen molar-refractivity contribution in [2.24, 2.45) is 7.05 Å². The van der Waals surface area contributed by atoms with E-state index >= 15 is 0 Å². The maximum absolute atomic E-state index is 6.06. The van der Waals surface area contributed by atoms with Crippen LogP contribution in [-0.4, -0.2) is 47.4 Å². The summed E-state index contributed by atoms with van der Waals surface area (Å²) in [5.41, 5.74) is 4.53. The van der Waals surface area contributed by atoms with Gasteiger partial charge in [-0.1, -0.05) is 18.2 Å². The zero-order valence-electron chi connectivity index (χ0n) is 17.3. The molecular formula is C24H26N4O2. The number of nitrogens with zero attached hydrogens (tertiary/aromatic N) is 4. The van der Waals surface area contributed by atoms with Crippen molar-refractivity contribution in [2.75, 3.05) is 37.8 Å². The van der Waals surface area contributed by atoms with Gasteiger partial charge in [0.1, 0.15) is 11.3 Å². The molecule has 0 atom stereocenters. The van der Waals surface area contributed by atoms with E-state index in [1.54, 1.807) is 6.20 Å². The van der Waals surface area contributed by atoms with Gasteiger partial charge in [0.2, 0.25) is 5.88 Å². The van der Waals surface area contributed by atoms with Crippen molar-refractivity contribution < 1.29 is 9.47 Å². The molecule has 0 N–H and O–H groups in total. The molecule has 5 rings (SSSR count). The molecule has 30 heavy (non-hydrogen) atoms. The van der Waals surface area contributed by atoms with Gasteiger partial charge < -0.3 is 18.9 Å². The zero-order valence-corrected chi connectivity index (χ0v) is 17.3. The highest BCUT2D eigenvalue weighted by Gasteiger charge is 2.16. The van der Waals surface area contributed by atoms with Crippen LogP contribution in [0.4, 0.5) is 5.69 Å². The lowest BCUT2D eigenvalue weighted by atomic mass is 10.1. The topological polar surface area (TPSA) is 52.4 Å². The largest absolute Gasteiger partial charge is 0.476 e. The van der Waals surface area contributed by atoms with Crippen LogP contribution in [0.5, 0.6) is 5.88 Å². The lowest BCUT2D eigenvalue weighted by molar-refractivity contribution is 0.122. The van der Waals surface area contributed by atoms with Crippen LogP contribution in [0.1, 0.15) is 12.0 Å². The number of aryl methyl sites for hydroxylation is 2. The number of hydrogen-bond acceptors (Lipinski definition) is 5. The minimum Gasteiger partial charge on any atom is -0.476 e. The highest BCUT2D eigenvalue weighted by atomic mass is 16.5. The summed E-state index contributed by atoms with van der Waals surface area (Å²) in [5, 5.41) is 2.47. The fraction of sp³-hybridized carbons (Fsp3) is 0.333. The zero-order chi connectivity index (χ0) is 20.3. The van der Waals surface area contributed by atoms with E-state index in [-0.39, 0.29) is 0 Å². The van der Waals surface area contributed by atoms with Crippen LogP contribution in [0.3, 0.4) is 0 Å². The summed E-state index contributed by atoms with van der Waals surface area (Å²) in [6.45, 7) is 3.87. The Labute approximate surface area is 176 Å². The predicted molar refractivity (Wildman–Crippen MR) is 119 cm³/mol. The number of para-hydroxylation sites is 1. The second kappa shape index (κ2) is 8.32. The van der Waals surface area contributed by atoms with E-state index in [1.807, 2.05) is 12.3 Å². The van der Waals surface area contributed by atoms with Crippen molar-refractivity contribution in [1.29, 1.82) is 0 Å². The Kier molecular flexibility index (Phi) is 5.24. The fourth-order valence-corrected chi connectivity index (χ4v) is 4.19. The van der Waals surface area contributed by atoms with Crippen LogP contribution in [-0.2, 0) is 18.2 Å². The second-order valence-electron chi connectivity index (χ2n) is 7.67. The predicted octanol–water partition coefficient (Wildman–Crippen LogP) is 3.97. The average molecular weight is 402 g/mol. The van der Waals surface area contributed by atoms with Gasteiger partial charge in [-0.05, 0) is 42.7 Å². The fourth-order valence-electron chi connectivity index (χ4n) is 4.19. The molecule has 0 unspecified atom stereocenters. The van der Waals surface area contributed by atoms with E-state index in [1.165, 1.54) is 21.9 Å². The van der Waals surface area contributed by atoms with Gasteiger partial charge in [-0.25, -0.2) is 9.97 Å². The standard InChI is InChI=1S/C24H26N4O2/c1-27-21-8-3-2-7-19(21)20-16-18(17-26-23(20)27)6-5-13-30-24-22(9-4-10-25-24)28-11-14-29-15-12-28/h2-4,7-10,16-17H,5-6,11-15H2,1H3. The first-order chi connectivity index (χ1) is 14.8. The van der Waals surface area contributed by atoms with Crippen LogP contribution in [0.25, 0.3) is 21.9 Å². The maximum Gasteiger partial charge on any atom is 0.237 e. The average Bonchev–Trinajstić information content (AvgIpc) is 3.09. The molecule has 3 aromatic heterocycles. The molecule has 0 amide bonds. The smallest absolute Gasteiger partial charge is 0.237 e. The van der Waals surface area contributed by atoms with E-state index in [2.05, 4.69) is 57.9 Å². The van der Waals surface area contributed by atoms with Crippen LogP contribution < -0.4 is 9.64 Å². The Balaban J connectivity index is 1.26. The molecule has 6 nitrogen and oxygen atoms in total. The van der Waals surface area contributed by atoms with Gasteiger partial charge in [0.25, 0.3) is 0 Å². The highest BCUT2D eigenvalue weighted by Crippen LogP contribution is 2.28. The lowest BCUT2D eigenvalue weighted by Gasteiger charge is -2.29. The van der Waals surface area contributed by atoms with Gasteiger partial charge in [0.15, 0.2) is 0 Å². The van der Waals surface area contributed by atoms with E-state index in [9.17, 15) is 0 Å². The number of hydrogen-bond donors (Lipinski definition) is 0. The Bertz CT molecular complexity index is 1160. The van der Waals surface area contributed by atoms with Crippen LogP contribution in [0.15, 0.2) is 54.9 Å². The Morgan fingerprint density at radius 1 is 1.03 bits per heavy atom. The summed E-state index contributed by atoms with van der Waals surface area (Å²) in [6, 6.07) is 14.8. The molecule has 4 heterocycles. The highest BCUT2D eigenvalue weighted by molar-refractivity contribution is 6.06. The number of benzene rings is 1. The van der Waals surface area contributed by atoms with Gasteiger partial charge in [-0.2, -0.15) is 0 Å². The number of aromatic nitrogens is 3. The molecule has 4 aromatic rings. The van der Waals surface area contributed by atoms with Crippen molar-refractivity contribution in [1.82, 2.24) is 14.5 Å². The first-order valence-electron chi connectivity index (χ1n) is 10.5. The molecule has 1 aliphatic rings. The normalized spacial score (nSPS) is 14.5. The van der Waals surface area contributed by atoms with Crippen molar-refractivity contribution >= 4 is 27.6 Å². The van der Waals surface area contributed by atoms with Crippen molar-refractivity contribution in [3.05, 3.63) is 60.4 Å². The molecule has 0 bridgehead atoms. The Morgan fingerprint density at radius 2 is 1.90 bits per heavy atom. The van der Waals surface area contributed by atoms with Crippen LogP contribution in [0, 0.1) is 0 Å². The molecule has 1 aliphatic heterocycles. The summed E-state index contributed by atoms with van der Waals surface area (Å²) in [4.78, 5) is 11.5. The van der Waals surface area contributed by atoms with Crippen molar-refractivity contribution in [3.8, 4) is 5.88 Å². The van der Waals surface area contributed by atoms with E-state index in [4.69, 9.17) is 14.5 Å². The molecule has 0 aliphatic carbocycles. The minimum absolute atomic E-state index is 0.627. The van der Waals surface area contributed by atoms with Gasteiger partial charge in [-0.15, -0.1) is 0 Å². The number of rotatable bonds is 6. The maximum atomic E-state index is 6.06. The number of ether oxygens (including phenoxy) is 2. The molecule has 1 aromatic carbocycles. The van der Waals surface area contributed by atoms with Crippen molar-refractivity contribution in [2.45, 2.75) is 12.8 Å². The third-order valence-corrected chi connectivity index (χ3v) is 5.75. The SMILES string of the molecule is Cn1c2ccccc2c2cc(CCCOc3ncccc3N3CCOCC3)cnc21. The van der Waals surface area contributed by atoms with E-state index in [0.717, 1.165) is 50.5 Å². The molecule has 154 valence electrons. The summed E-state index contributed by atoms with van der Waals surface area (Å²) >= 11 is 0. The third kappa shape index (κ3) is 3.59. The van der Waals surface area contributed by atoms with Crippen LogP contribution in [0.2, 0.25) is 0 Å². The molecule has 6 heteroatoms. The number of fused-ring (bicyclic) bond motifs is 3. The van der Waals surface area contributed by atoms with Crippen LogP contribution >= 0.6 is 0 Å².